The topological polar surface area (TPSA) is 66.4 Å². The molecule has 0 aliphatic carbocycles. The van der Waals surface area contributed by atoms with Crippen LogP contribution in [0.15, 0.2) is 18.2 Å². The SMILES string of the molecule is O=C(O)C(=O)Nc1ccc(C(F)(F)F)c(Cl)c1. The predicted octanol–water partition coefficient (Wildman–Crippen LogP) is 2.38. The number of carboxylic acids is 1. The third-order valence-electron chi connectivity index (χ3n) is 1.73. The van der Waals surface area contributed by atoms with Crippen LogP contribution in [0.5, 0.6) is 0 Å². The van der Waals surface area contributed by atoms with Crippen molar-refractivity contribution in [1.82, 2.24) is 0 Å². The fraction of sp³-hybridized carbons (Fsp3) is 0.111. The molecule has 0 saturated heterocycles. The van der Waals surface area contributed by atoms with Crippen LogP contribution in [0.25, 0.3) is 0 Å². The molecule has 0 atom stereocenters. The number of carbonyl (C=O) groups is 2. The van der Waals surface area contributed by atoms with Crippen LogP contribution in [-0.2, 0) is 15.8 Å². The number of hydrogen-bond acceptors (Lipinski definition) is 2. The van der Waals surface area contributed by atoms with Crippen LogP contribution in [0.2, 0.25) is 5.02 Å². The summed E-state index contributed by atoms with van der Waals surface area (Å²) < 4.78 is 36.9. The summed E-state index contributed by atoms with van der Waals surface area (Å²) in [5.74, 6) is -3.11. The van der Waals surface area contributed by atoms with Crippen LogP contribution in [0.4, 0.5) is 18.9 Å². The van der Waals surface area contributed by atoms with E-state index in [1.165, 1.54) is 0 Å². The summed E-state index contributed by atoms with van der Waals surface area (Å²) in [5.41, 5.74) is -1.19. The first-order chi connectivity index (χ1) is 7.71. The van der Waals surface area contributed by atoms with Gasteiger partial charge in [-0.2, -0.15) is 13.2 Å². The van der Waals surface area contributed by atoms with Crippen molar-refractivity contribution in [2.24, 2.45) is 0 Å². The van der Waals surface area contributed by atoms with Crippen molar-refractivity contribution in [1.29, 1.82) is 0 Å². The summed E-state index contributed by atoms with van der Waals surface area (Å²) in [5, 5.41) is 9.52. The van der Waals surface area contributed by atoms with E-state index < -0.39 is 28.6 Å². The van der Waals surface area contributed by atoms with E-state index in [1.54, 1.807) is 0 Å². The summed E-state index contributed by atoms with van der Waals surface area (Å²) in [6.07, 6.45) is -4.60. The van der Waals surface area contributed by atoms with Gasteiger partial charge >= 0.3 is 18.1 Å². The smallest absolute Gasteiger partial charge is 0.417 e. The molecule has 2 N–H and O–H groups in total. The highest BCUT2D eigenvalue weighted by Crippen LogP contribution is 2.35. The molecule has 0 unspecified atom stereocenters. The maximum atomic E-state index is 12.3. The van der Waals surface area contributed by atoms with Crippen LogP contribution in [0.3, 0.4) is 0 Å². The lowest BCUT2D eigenvalue weighted by molar-refractivity contribution is -0.147. The van der Waals surface area contributed by atoms with Crippen molar-refractivity contribution in [2.75, 3.05) is 5.32 Å². The van der Waals surface area contributed by atoms with Crippen LogP contribution in [-0.4, -0.2) is 17.0 Å². The van der Waals surface area contributed by atoms with E-state index in [-0.39, 0.29) is 5.69 Å². The predicted molar refractivity (Wildman–Crippen MR) is 52.7 cm³/mol. The Labute approximate surface area is 98.0 Å². The molecule has 0 spiro atoms. The van der Waals surface area contributed by atoms with Gasteiger partial charge in [-0.1, -0.05) is 11.6 Å². The third kappa shape index (κ3) is 3.35. The fourth-order valence-corrected chi connectivity index (χ4v) is 1.30. The molecule has 17 heavy (non-hydrogen) atoms. The van der Waals surface area contributed by atoms with Crippen LogP contribution >= 0.6 is 11.6 Å². The molecule has 1 aromatic carbocycles. The molecule has 0 aromatic heterocycles. The van der Waals surface area contributed by atoms with Crippen molar-refractivity contribution < 1.29 is 27.9 Å². The Bertz CT molecular complexity index is 473. The van der Waals surface area contributed by atoms with Gasteiger partial charge in [-0.05, 0) is 18.2 Å². The Kier molecular flexibility index (Phi) is 3.62. The summed E-state index contributed by atoms with van der Waals surface area (Å²) >= 11 is 5.36. The molecular weight excluding hydrogens is 263 g/mol. The minimum atomic E-state index is -4.60. The second kappa shape index (κ2) is 4.62. The average molecular weight is 268 g/mol. The molecule has 0 saturated carbocycles. The van der Waals surface area contributed by atoms with Gasteiger partial charge in [-0.15, -0.1) is 0 Å². The molecule has 0 radical (unpaired) electrons. The molecule has 0 fully saturated rings. The van der Waals surface area contributed by atoms with E-state index in [4.69, 9.17) is 16.7 Å². The first kappa shape index (κ1) is 13.3. The van der Waals surface area contributed by atoms with Crippen LogP contribution in [0, 0.1) is 0 Å². The second-order valence-electron chi connectivity index (χ2n) is 2.95. The van der Waals surface area contributed by atoms with Crippen molar-refractivity contribution in [3.8, 4) is 0 Å². The number of nitrogens with one attached hydrogen (secondary N) is 1. The van der Waals surface area contributed by atoms with E-state index >= 15 is 0 Å². The van der Waals surface area contributed by atoms with Gasteiger partial charge in [0.05, 0.1) is 10.6 Å². The normalized spacial score (nSPS) is 11.1. The Balaban J connectivity index is 2.98. The number of alkyl halides is 3. The first-order valence-corrected chi connectivity index (χ1v) is 4.50. The highest BCUT2D eigenvalue weighted by Gasteiger charge is 2.33. The molecular formula is C9H5ClF3NO3. The van der Waals surface area contributed by atoms with E-state index in [1.807, 2.05) is 5.32 Å². The van der Waals surface area contributed by atoms with Gasteiger partial charge < -0.3 is 10.4 Å². The molecule has 0 heterocycles. The molecule has 0 bridgehead atoms. The minimum Gasteiger partial charge on any atom is -0.474 e. The van der Waals surface area contributed by atoms with E-state index in [9.17, 15) is 22.8 Å². The van der Waals surface area contributed by atoms with Gasteiger partial charge in [0.15, 0.2) is 0 Å². The molecule has 8 heteroatoms. The highest BCUT2D eigenvalue weighted by atomic mass is 35.5. The van der Waals surface area contributed by atoms with Crippen LogP contribution in [0.1, 0.15) is 5.56 Å². The van der Waals surface area contributed by atoms with Gasteiger partial charge in [0.1, 0.15) is 0 Å². The number of benzene rings is 1. The number of anilines is 1. The largest absolute Gasteiger partial charge is 0.474 e. The summed E-state index contributed by atoms with van der Waals surface area (Å²) in [6.45, 7) is 0. The number of amides is 1. The second-order valence-corrected chi connectivity index (χ2v) is 3.36. The summed E-state index contributed by atoms with van der Waals surface area (Å²) in [4.78, 5) is 20.9. The first-order valence-electron chi connectivity index (χ1n) is 4.13. The van der Waals surface area contributed by atoms with Crippen molar-refractivity contribution in [2.45, 2.75) is 6.18 Å². The standard InChI is InChI=1S/C9H5ClF3NO3/c10-6-3-4(14-7(15)8(16)17)1-2-5(6)9(11,12)13/h1-3H,(H,14,15)(H,16,17). The van der Waals surface area contributed by atoms with Gasteiger partial charge in [-0.25, -0.2) is 4.79 Å². The Morgan fingerprint density at radius 3 is 2.29 bits per heavy atom. The molecule has 0 aliphatic rings. The zero-order chi connectivity index (χ0) is 13.2. The monoisotopic (exact) mass is 267 g/mol. The van der Waals surface area contributed by atoms with Crippen molar-refractivity contribution in [3.05, 3.63) is 28.8 Å². The minimum absolute atomic E-state index is 0.129. The molecule has 4 nitrogen and oxygen atoms in total. The third-order valence-corrected chi connectivity index (χ3v) is 2.04. The quantitative estimate of drug-likeness (QED) is 0.768. The van der Waals surface area contributed by atoms with Crippen molar-refractivity contribution >= 4 is 29.2 Å². The number of hydrogen-bond donors (Lipinski definition) is 2. The van der Waals surface area contributed by atoms with E-state index in [0.717, 1.165) is 12.1 Å². The summed E-state index contributed by atoms with van der Waals surface area (Å²) in [7, 11) is 0. The fourth-order valence-electron chi connectivity index (χ4n) is 1.01. The Morgan fingerprint density at radius 2 is 1.88 bits per heavy atom. The number of carbonyl (C=O) groups excluding carboxylic acids is 1. The van der Waals surface area contributed by atoms with Crippen LogP contribution < -0.4 is 5.32 Å². The average Bonchev–Trinajstić information content (AvgIpc) is 2.15. The lowest BCUT2D eigenvalue weighted by atomic mass is 10.2. The number of carboxylic acid groups (broad SMARTS) is 1. The van der Waals surface area contributed by atoms with Gasteiger partial charge in [0.25, 0.3) is 0 Å². The molecule has 1 aromatic rings. The molecule has 92 valence electrons. The zero-order valence-electron chi connectivity index (χ0n) is 8.01. The maximum Gasteiger partial charge on any atom is 0.417 e. The lowest BCUT2D eigenvalue weighted by Gasteiger charge is -2.10. The van der Waals surface area contributed by atoms with Crippen molar-refractivity contribution in [3.63, 3.8) is 0 Å². The van der Waals surface area contributed by atoms with E-state index in [0.29, 0.717) is 6.07 Å². The lowest BCUT2D eigenvalue weighted by Crippen LogP contribution is -2.21. The molecule has 1 amide bonds. The number of aliphatic carboxylic acids is 1. The Morgan fingerprint density at radius 1 is 1.29 bits per heavy atom. The number of halogens is 4. The van der Waals surface area contributed by atoms with Gasteiger partial charge in [0.2, 0.25) is 0 Å². The maximum absolute atomic E-state index is 12.3. The zero-order valence-corrected chi connectivity index (χ0v) is 8.76. The Hall–Kier alpha value is -1.76. The molecule has 0 aliphatic heterocycles. The molecule has 1 rings (SSSR count). The summed E-state index contributed by atoms with van der Waals surface area (Å²) in [6, 6.07) is 2.39. The highest BCUT2D eigenvalue weighted by molar-refractivity contribution is 6.37. The van der Waals surface area contributed by atoms with Gasteiger partial charge in [-0.3, -0.25) is 4.79 Å². The van der Waals surface area contributed by atoms with E-state index in [2.05, 4.69) is 0 Å². The number of rotatable bonds is 1. The van der Waals surface area contributed by atoms with Gasteiger partial charge in [0, 0.05) is 5.69 Å².